The van der Waals surface area contributed by atoms with Crippen LogP contribution in [-0.4, -0.2) is 27.3 Å². The number of nitrogens with one attached hydrogen (secondary N) is 1. The Morgan fingerprint density at radius 1 is 1.27 bits per heavy atom. The second-order valence-electron chi connectivity index (χ2n) is 4.92. The molecule has 0 amide bonds. The van der Waals surface area contributed by atoms with Crippen LogP contribution in [0.5, 0.6) is 0 Å². The summed E-state index contributed by atoms with van der Waals surface area (Å²) in [5.74, 6) is 0.0308. The van der Waals surface area contributed by atoms with E-state index < -0.39 is 10.0 Å². The molecular formula is C10H22N2O2S. The highest BCUT2D eigenvalue weighted by atomic mass is 32.2. The Bertz CT molecular complexity index is 282. The minimum absolute atomic E-state index is 0.0308. The molecule has 1 saturated carbocycles. The zero-order chi connectivity index (χ0) is 11.4. The van der Waals surface area contributed by atoms with E-state index in [0.717, 1.165) is 6.54 Å². The van der Waals surface area contributed by atoms with Crippen molar-refractivity contribution in [2.75, 3.05) is 18.8 Å². The number of nitrogens with two attached hydrogens (primary N) is 1. The van der Waals surface area contributed by atoms with Crippen LogP contribution in [0, 0.1) is 5.41 Å². The molecule has 0 aliphatic heterocycles. The van der Waals surface area contributed by atoms with Crippen LogP contribution < -0.4 is 10.5 Å². The van der Waals surface area contributed by atoms with Crippen molar-refractivity contribution in [2.45, 2.75) is 39.0 Å². The summed E-state index contributed by atoms with van der Waals surface area (Å²) in [7, 11) is -3.31. The first-order valence-corrected chi connectivity index (χ1v) is 7.34. The normalized spacial score (nSPS) is 21.5. The van der Waals surface area contributed by atoms with Crippen LogP contribution in [0.1, 0.15) is 39.0 Å². The highest BCUT2D eigenvalue weighted by molar-refractivity contribution is 7.89. The Morgan fingerprint density at radius 2 is 1.87 bits per heavy atom. The van der Waals surface area contributed by atoms with E-state index in [1.54, 1.807) is 0 Å². The van der Waals surface area contributed by atoms with Gasteiger partial charge in [0.1, 0.15) is 0 Å². The van der Waals surface area contributed by atoms with Gasteiger partial charge in [0.2, 0.25) is 10.0 Å². The highest BCUT2D eigenvalue weighted by Gasteiger charge is 2.25. The Labute approximate surface area is 92.7 Å². The molecule has 0 unspecified atom stereocenters. The Kier molecular flexibility index (Phi) is 4.55. The SMILES string of the molecule is CC1(CNCCS(N)(=O)=O)CCCCC1. The summed E-state index contributed by atoms with van der Waals surface area (Å²) >= 11 is 0. The minimum Gasteiger partial charge on any atom is -0.315 e. The molecule has 15 heavy (non-hydrogen) atoms. The van der Waals surface area contributed by atoms with Crippen molar-refractivity contribution in [2.24, 2.45) is 10.6 Å². The average molecular weight is 234 g/mol. The van der Waals surface area contributed by atoms with Gasteiger partial charge in [-0.3, -0.25) is 0 Å². The van der Waals surface area contributed by atoms with Gasteiger partial charge >= 0.3 is 0 Å². The number of hydrogen-bond acceptors (Lipinski definition) is 3. The molecule has 1 aliphatic carbocycles. The summed E-state index contributed by atoms with van der Waals surface area (Å²) < 4.78 is 21.4. The van der Waals surface area contributed by atoms with Gasteiger partial charge in [0.05, 0.1) is 5.75 Å². The summed E-state index contributed by atoms with van der Waals surface area (Å²) in [6, 6.07) is 0. The second kappa shape index (κ2) is 5.27. The van der Waals surface area contributed by atoms with Crippen LogP contribution in [0.2, 0.25) is 0 Å². The molecule has 3 N–H and O–H groups in total. The van der Waals surface area contributed by atoms with Crippen LogP contribution in [0.4, 0.5) is 0 Å². The van der Waals surface area contributed by atoms with Crippen LogP contribution in [0.3, 0.4) is 0 Å². The van der Waals surface area contributed by atoms with Crippen LogP contribution in [-0.2, 0) is 10.0 Å². The van der Waals surface area contributed by atoms with Crippen LogP contribution in [0.25, 0.3) is 0 Å². The molecule has 0 aromatic carbocycles. The third-order valence-electron chi connectivity index (χ3n) is 3.18. The first-order valence-electron chi connectivity index (χ1n) is 5.63. The summed E-state index contributed by atoms with van der Waals surface area (Å²) in [6.07, 6.45) is 6.43. The largest absolute Gasteiger partial charge is 0.315 e. The van der Waals surface area contributed by atoms with Gasteiger partial charge < -0.3 is 5.32 Å². The predicted octanol–water partition coefficient (Wildman–Crippen LogP) is 0.835. The fourth-order valence-corrected chi connectivity index (χ4v) is 2.62. The van der Waals surface area contributed by atoms with Crippen LogP contribution >= 0.6 is 0 Å². The lowest BCUT2D eigenvalue weighted by molar-refractivity contribution is 0.209. The molecule has 0 saturated heterocycles. The van der Waals surface area contributed by atoms with Crippen molar-refractivity contribution in [1.82, 2.24) is 5.32 Å². The van der Waals surface area contributed by atoms with Gasteiger partial charge in [-0.2, -0.15) is 0 Å². The molecule has 1 fully saturated rings. The number of hydrogen-bond donors (Lipinski definition) is 2. The Balaban J connectivity index is 2.19. The average Bonchev–Trinajstić information content (AvgIpc) is 2.12. The summed E-state index contributed by atoms with van der Waals surface area (Å²) in [4.78, 5) is 0. The van der Waals surface area contributed by atoms with Gasteiger partial charge in [-0.25, -0.2) is 13.6 Å². The van der Waals surface area contributed by atoms with Gasteiger partial charge in [0.25, 0.3) is 0 Å². The van der Waals surface area contributed by atoms with Crippen molar-refractivity contribution in [3.8, 4) is 0 Å². The summed E-state index contributed by atoms with van der Waals surface area (Å²) in [6.45, 7) is 3.65. The van der Waals surface area contributed by atoms with Gasteiger partial charge in [-0.1, -0.05) is 26.2 Å². The van der Waals surface area contributed by atoms with Crippen molar-refractivity contribution >= 4 is 10.0 Å². The van der Waals surface area contributed by atoms with E-state index in [1.807, 2.05) is 0 Å². The van der Waals surface area contributed by atoms with Crippen molar-refractivity contribution in [1.29, 1.82) is 0 Å². The molecule has 0 aromatic heterocycles. The molecule has 0 heterocycles. The molecule has 5 heteroatoms. The van der Waals surface area contributed by atoms with Crippen molar-refractivity contribution in [3.05, 3.63) is 0 Å². The lowest BCUT2D eigenvalue weighted by Crippen LogP contribution is -2.36. The third-order valence-corrected chi connectivity index (χ3v) is 3.95. The Morgan fingerprint density at radius 3 is 2.40 bits per heavy atom. The monoisotopic (exact) mass is 234 g/mol. The molecular weight excluding hydrogens is 212 g/mol. The van der Waals surface area contributed by atoms with E-state index in [9.17, 15) is 8.42 Å². The van der Waals surface area contributed by atoms with E-state index in [4.69, 9.17) is 5.14 Å². The Hall–Kier alpha value is -0.130. The van der Waals surface area contributed by atoms with Gasteiger partial charge in [-0.05, 0) is 18.3 Å². The third kappa shape index (κ3) is 5.49. The molecule has 0 atom stereocenters. The zero-order valence-electron chi connectivity index (χ0n) is 9.46. The first-order chi connectivity index (χ1) is 6.91. The van der Waals surface area contributed by atoms with Gasteiger partial charge in [0, 0.05) is 13.1 Å². The maximum atomic E-state index is 10.7. The molecule has 90 valence electrons. The van der Waals surface area contributed by atoms with E-state index >= 15 is 0 Å². The summed E-state index contributed by atoms with van der Waals surface area (Å²) in [5, 5.41) is 8.11. The number of sulfonamides is 1. The second-order valence-corrected chi connectivity index (χ2v) is 6.65. The molecule has 0 radical (unpaired) electrons. The summed E-state index contributed by atoms with van der Waals surface area (Å²) in [5.41, 5.74) is 0.358. The maximum absolute atomic E-state index is 10.7. The highest BCUT2D eigenvalue weighted by Crippen LogP contribution is 2.34. The first kappa shape index (κ1) is 12.9. The van der Waals surface area contributed by atoms with E-state index in [2.05, 4.69) is 12.2 Å². The quantitative estimate of drug-likeness (QED) is 0.692. The number of rotatable bonds is 5. The molecule has 1 aliphatic rings. The fraction of sp³-hybridized carbons (Fsp3) is 1.00. The minimum atomic E-state index is -3.31. The van der Waals surface area contributed by atoms with Crippen molar-refractivity contribution in [3.63, 3.8) is 0 Å². The van der Waals surface area contributed by atoms with Crippen LogP contribution in [0.15, 0.2) is 0 Å². The van der Waals surface area contributed by atoms with Crippen molar-refractivity contribution < 1.29 is 8.42 Å². The standard InChI is InChI=1S/C10H22N2O2S/c1-10(5-3-2-4-6-10)9-12-7-8-15(11,13)14/h12H,2-9H2,1H3,(H2,11,13,14). The van der Waals surface area contributed by atoms with E-state index in [-0.39, 0.29) is 5.75 Å². The van der Waals surface area contributed by atoms with E-state index in [0.29, 0.717) is 12.0 Å². The maximum Gasteiger partial charge on any atom is 0.210 e. The van der Waals surface area contributed by atoms with Gasteiger partial charge in [-0.15, -0.1) is 0 Å². The number of primary sulfonamides is 1. The molecule has 0 aromatic rings. The molecule has 1 rings (SSSR count). The smallest absolute Gasteiger partial charge is 0.210 e. The lowest BCUT2D eigenvalue weighted by atomic mass is 9.76. The molecule has 0 bridgehead atoms. The van der Waals surface area contributed by atoms with E-state index in [1.165, 1.54) is 32.1 Å². The molecule has 0 spiro atoms. The topological polar surface area (TPSA) is 72.2 Å². The predicted molar refractivity (Wildman–Crippen MR) is 62.0 cm³/mol. The lowest BCUT2D eigenvalue weighted by Gasteiger charge is -2.33. The zero-order valence-corrected chi connectivity index (χ0v) is 10.3. The molecule has 4 nitrogen and oxygen atoms in total. The fourth-order valence-electron chi connectivity index (χ4n) is 2.19. The van der Waals surface area contributed by atoms with Gasteiger partial charge in [0.15, 0.2) is 0 Å².